The quantitative estimate of drug-likeness (QED) is 0.790. The number of aromatic nitrogens is 1. The van der Waals surface area contributed by atoms with Gasteiger partial charge in [0.15, 0.2) is 0 Å². The van der Waals surface area contributed by atoms with E-state index in [1.54, 1.807) is 21.8 Å². The van der Waals surface area contributed by atoms with E-state index in [0.717, 1.165) is 17.8 Å². The molecule has 0 spiro atoms. The average molecular weight is 246 g/mol. The summed E-state index contributed by atoms with van der Waals surface area (Å²) in [6.07, 6.45) is 5.02. The van der Waals surface area contributed by atoms with Crippen LogP contribution in [-0.2, 0) is 10.0 Å². The van der Waals surface area contributed by atoms with Crippen molar-refractivity contribution in [1.82, 2.24) is 9.29 Å². The van der Waals surface area contributed by atoms with Crippen LogP contribution in [0.3, 0.4) is 0 Å². The average Bonchev–Trinajstić information content (AvgIpc) is 2.69. The van der Waals surface area contributed by atoms with Gasteiger partial charge in [0.1, 0.15) is 0 Å². The number of nitrogens with zero attached hydrogens (tertiary/aromatic N) is 2. The fraction of sp³-hybridized carbons (Fsp3) is 0.667. The van der Waals surface area contributed by atoms with E-state index in [0.29, 0.717) is 13.1 Å². The molecule has 0 amide bonds. The highest BCUT2D eigenvalue weighted by Crippen LogP contribution is 2.28. The lowest BCUT2D eigenvalue weighted by atomic mass is 10.0. The molecule has 0 aromatic carbocycles. The van der Waals surface area contributed by atoms with E-state index >= 15 is 0 Å². The largest absolute Gasteiger partial charge is 0.249 e. The van der Waals surface area contributed by atoms with Crippen molar-refractivity contribution in [1.29, 1.82) is 0 Å². The lowest BCUT2D eigenvalue weighted by Crippen LogP contribution is -2.38. The van der Waals surface area contributed by atoms with E-state index < -0.39 is 10.0 Å². The summed E-state index contributed by atoms with van der Waals surface area (Å²) in [6.45, 7) is 1.24. The van der Waals surface area contributed by atoms with Crippen LogP contribution in [-0.4, -0.2) is 37.1 Å². The maximum Gasteiger partial charge on any atom is 0.211 e. The Morgan fingerprint density at radius 3 is 3.00 bits per heavy atom. The van der Waals surface area contributed by atoms with Crippen LogP contribution in [0.25, 0.3) is 0 Å². The van der Waals surface area contributed by atoms with Crippen molar-refractivity contribution >= 4 is 21.4 Å². The van der Waals surface area contributed by atoms with E-state index in [2.05, 4.69) is 4.98 Å². The van der Waals surface area contributed by atoms with E-state index in [4.69, 9.17) is 0 Å². The zero-order valence-electron chi connectivity index (χ0n) is 8.59. The molecule has 0 radical (unpaired) electrons. The Morgan fingerprint density at radius 1 is 1.60 bits per heavy atom. The van der Waals surface area contributed by atoms with Crippen molar-refractivity contribution < 1.29 is 8.42 Å². The molecule has 2 heterocycles. The Bertz CT molecular complexity index is 413. The predicted molar refractivity (Wildman–Crippen MR) is 60.5 cm³/mol. The normalized spacial score (nSPS) is 24.2. The van der Waals surface area contributed by atoms with Gasteiger partial charge < -0.3 is 0 Å². The van der Waals surface area contributed by atoms with Crippen LogP contribution in [0.5, 0.6) is 0 Å². The predicted octanol–water partition coefficient (Wildman–Crippen LogP) is 1.28. The van der Waals surface area contributed by atoms with Crippen molar-refractivity contribution in [3.8, 4) is 0 Å². The van der Waals surface area contributed by atoms with Crippen molar-refractivity contribution in [3.63, 3.8) is 0 Å². The van der Waals surface area contributed by atoms with E-state index in [9.17, 15) is 8.42 Å². The maximum atomic E-state index is 11.4. The Balaban J connectivity index is 2.12. The Labute approximate surface area is 94.0 Å². The molecular weight excluding hydrogens is 232 g/mol. The van der Waals surface area contributed by atoms with Crippen LogP contribution in [0.1, 0.15) is 23.8 Å². The fourth-order valence-corrected chi connectivity index (χ4v) is 3.56. The summed E-state index contributed by atoms with van der Waals surface area (Å²) in [7, 11) is -3.04. The van der Waals surface area contributed by atoms with Crippen LogP contribution >= 0.6 is 11.3 Å². The Morgan fingerprint density at radius 2 is 2.40 bits per heavy atom. The monoisotopic (exact) mass is 246 g/mol. The molecule has 1 aliphatic rings. The van der Waals surface area contributed by atoms with Gasteiger partial charge in [0.25, 0.3) is 0 Å². The first-order valence-corrected chi connectivity index (χ1v) is 7.64. The molecule has 0 unspecified atom stereocenters. The van der Waals surface area contributed by atoms with Crippen molar-refractivity contribution in [2.75, 3.05) is 19.3 Å². The molecule has 1 atom stereocenters. The first-order valence-electron chi connectivity index (χ1n) is 4.92. The number of rotatable bonds is 2. The van der Waals surface area contributed by atoms with Crippen LogP contribution in [0.2, 0.25) is 0 Å². The SMILES string of the molecule is CS(=O)(=O)N1CCC[C@H](c2nccs2)C1. The third-order valence-electron chi connectivity index (χ3n) is 2.65. The van der Waals surface area contributed by atoms with Crippen molar-refractivity contribution in [2.24, 2.45) is 0 Å². The van der Waals surface area contributed by atoms with Crippen molar-refractivity contribution in [2.45, 2.75) is 18.8 Å². The van der Waals surface area contributed by atoms with Crippen LogP contribution in [0, 0.1) is 0 Å². The fourth-order valence-electron chi connectivity index (χ4n) is 1.88. The number of hydrogen-bond donors (Lipinski definition) is 0. The summed E-state index contributed by atoms with van der Waals surface area (Å²) in [6, 6.07) is 0. The summed E-state index contributed by atoms with van der Waals surface area (Å²) in [4.78, 5) is 4.25. The molecule has 0 saturated carbocycles. The maximum absolute atomic E-state index is 11.4. The molecule has 6 heteroatoms. The minimum atomic E-state index is -3.04. The highest BCUT2D eigenvalue weighted by atomic mass is 32.2. The second-order valence-electron chi connectivity index (χ2n) is 3.83. The van der Waals surface area contributed by atoms with Gasteiger partial charge in [0.2, 0.25) is 10.0 Å². The molecule has 1 saturated heterocycles. The van der Waals surface area contributed by atoms with Gasteiger partial charge in [-0.1, -0.05) is 0 Å². The number of hydrogen-bond acceptors (Lipinski definition) is 4. The third-order valence-corrected chi connectivity index (χ3v) is 4.86. The molecule has 1 aromatic rings. The number of thiazole rings is 1. The molecular formula is C9H14N2O2S2. The number of piperidine rings is 1. The second-order valence-corrected chi connectivity index (χ2v) is 6.74. The van der Waals surface area contributed by atoms with Gasteiger partial charge in [-0.15, -0.1) is 11.3 Å². The van der Waals surface area contributed by atoms with Crippen LogP contribution < -0.4 is 0 Å². The Kier molecular flexibility index (Phi) is 3.08. The minimum Gasteiger partial charge on any atom is -0.249 e. The van der Waals surface area contributed by atoms with Gasteiger partial charge in [0, 0.05) is 30.6 Å². The van der Waals surface area contributed by atoms with Gasteiger partial charge in [-0.2, -0.15) is 0 Å². The van der Waals surface area contributed by atoms with Gasteiger partial charge in [-0.05, 0) is 12.8 Å². The lowest BCUT2D eigenvalue weighted by Gasteiger charge is -2.29. The van der Waals surface area contributed by atoms with Crippen molar-refractivity contribution in [3.05, 3.63) is 16.6 Å². The summed E-state index contributed by atoms with van der Waals surface area (Å²) in [5.41, 5.74) is 0. The first-order chi connectivity index (χ1) is 7.07. The third kappa shape index (κ3) is 2.56. The van der Waals surface area contributed by atoms with Gasteiger partial charge in [-0.3, -0.25) is 0 Å². The summed E-state index contributed by atoms with van der Waals surface area (Å²) in [5, 5.41) is 3.00. The second kappa shape index (κ2) is 4.19. The zero-order valence-corrected chi connectivity index (χ0v) is 10.2. The standard InChI is InChI=1S/C9H14N2O2S2/c1-15(12,13)11-5-2-3-8(7-11)9-10-4-6-14-9/h4,6,8H,2-3,5,7H2,1H3/t8-/m0/s1. The summed E-state index contributed by atoms with van der Waals surface area (Å²) in [5.74, 6) is 0.286. The lowest BCUT2D eigenvalue weighted by molar-refractivity contribution is 0.317. The molecule has 1 aliphatic heterocycles. The highest BCUT2D eigenvalue weighted by Gasteiger charge is 2.27. The molecule has 2 rings (SSSR count). The van der Waals surface area contributed by atoms with Gasteiger partial charge >= 0.3 is 0 Å². The van der Waals surface area contributed by atoms with Crippen LogP contribution in [0.15, 0.2) is 11.6 Å². The molecule has 84 valence electrons. The van der Waals surface area contributed by atoms with E-state index in [1.807, 2.05) is 5.38 Å². The molecule has 15 heavy (non-hydrogen) atoms. The number of sulfonamides is 1. The molecule has 1 fully saturated rings. The highest BCUT2D eigenvalue weighted by molar-refractivity contribution is 7.88. The Hall–Kier alpha value is -0.460. The summed E-state index contributed by atoms with van der Waals surface area (Å²) < 4.78 is 24.4. The van der Waals surface area contributed by atoms with Gasteiger partial charge in [0.05, 0.1) is 11.3 Å². The topological polar surface area (TPSA) is 50.3 Å². The first kappa shape index (κ1) is 11.0. The summed E-state index contributed by atoms with van der Waals surface area (Å²) >= 11 is 1.61. The molecule has 0 N–H and O–H groups in total. The smallest absolute Gasteiger partial charge is 0.211 e. The molecule has 0 aliphatic carbocycles. The van der Waals surface area contributed by atoms with E-state index in [1.165, 1.54) is 6.26 Å². The van der Waals surface area contributed by atoms with Crippen LogP contribution in [0.4, 0.5) is 0 Å². The van der Waals surface area contributed by atoms with E-state index in [-0.39, 0.29) is 5.92 Å². The minimum absolute atomic E-state index is 0.286. The van der Waals surface area contributed by atoms with Gasteiger partial charge in [-0.25, -0.2) is 17.7 Å². The molecule has 0 bridgehead atoms. The molecule has 4 nitrogen and oxygen atoms in total. The zero-order chi connectivity index (χ0) is 10.9. The molecule has 1 aromatic heterocycles.